The van der Waals surface area contributed by atoms with E-state index >= 15 is 0 Å². The van der Waals surface area contributed by atoms with E-state index in [1.54, 1.807) is 6.92 Å². The summed E-state index contributed by atoms with van der Waals surface area (Å²) < 4.78 is 47.9. The molecule has 1 fully saturated rings. The molecule has 0 radical (unpaired) electrons. The van der Waals surface area contributed by atoms with E-state index in [1.807, 2.05) is 0 Å². The molecule has 1 aromatic heterocycles. The van der Waals surface area contributed by atoms with E-state index in [-0.39, 0.29) is 12.5 Å². The largest absolute Gasteiger partial charge is 0.845 e. The minimum Gasteiger partial charge on any atom is -0.845 e. The third-order valence-electron chi connectivity index (χ3n) is 7.15. The summed E-state index contributed by atoms with van der Waals surface area (Å²) in [5.74, 6) is 0.0574. The number of rotatable bonds is 7. The number of ether oxygens (including phenoxy) is 2. The molecule has 0 amide bonds. The number of aryl methyl sites for hydroxylation is 2. The lowest BCUT2D eigenvalue weighted by Gasteiger charge is -2.32. The molecule has 1 N–H and O–H groups in total. The maximum absolute atomic E-state index is 13.6. The lowest BCUT2D eigenvalue weighted by Crippen LogP contribution is -2.44. The minimum absolute atomic E-state index is 0.0574. The molecule has 2 aliphatic carbocycles. The van der Waals surface area contributed by atoms with Crippen LogP contribution in [0.15, 0.2) is 15.0 Å². The second kappa shape index (κ2) is 9.79. The van der Waals surface area contributed by atoms with Gasteiger partial charge in [0.1, 0.15) is 5.69 Å². The molecule has 1 aliphatic heterocycles. The zero-order valence-corrected chi connectivity index (χ0v) is 20.9. The fourth-order valence-corrected chi connectivity index (χ4v) is 6.77. The normalized spacial score (nSPS) is 18.5. The summed E-state index contributed by atoms with van der Waals surface area (Å²) in [6.45, 7) is 2.71. The van der Waals surface area contributed by atoms with Gasteiger partial charge in [0, 0.05) is 31.6 Å². The van der Waals surface area contributed by atoms with Crippen LogP contribution in [-0.2, 0) is 52.0 Å². The van der Waals surface area contributed by atoms with Crippen LogP contribution >= 0.6 is 0 Å². The maximum Gasteiger partial charge on any atom is 0.348 e. The van der Waals surface area contributed by atoms with E-state index in [2.05, 4.69) is 20.9 Å². The lowest BCUT2D eigenvalue weighted by atomic mass is 9.99. The van der Waals surface area contributed by atoms with E-state index in [9.17, 15) is 13.5 Å². The van der Waals surface area contributed by atoms with Crippen molar-refractivity contribution >= 4 is 27.8 Å². The number of aromatic nitrogens is 1. The molecule has 1 aromatic carbocycles. The fourth-order valence-electron chi connectivity index (χ4n) is 5.46. The molecule has 10 nitrogen and oxygen atoms in total. The molecule has 2 heterocycles. The standard InChI is InChI=1S/C24H32N4O6S/c1-15-21(14-32-2)26-34-23(15)28(18-9-11-33-12-10-18)35(30,31)27-24(29)25-22-19-7-3-5-16(19)13-17-6-4-8-20(17)22/h13,18H,3-12,14H2,1-2H3,(H2,25,27,29)/p-1. The Bertz CT molecular complexity index is 1200. The van der Waals surface area contributed by atoms with Crippen molar-refractivity contribution in [3.8, 4) is 0 Å². The van der Waals surface area contributed by atoms with Gasteiger partial charge >= 0.3 is 10.2 Å². The fraction of sp³-hybridized carbons (Fsp3) is 0.583. The van der Waals surface area contributed by atoms with Crippen LogP contribution in [0.5, 0.6) is 0 Å². The molecular weight excluding hydrogens is 472 g/mol. The molecule has 0 atom stereocenters. The van der Waals surface area contributed by atoms with Crippen molar-refractivity contribution in [1.29, 1.82) is 0 Å². The smallest absolute Gasteiger partial charge is 0.348 e. The first-order valence-corrected chi connectivity index (χ1v) is 13.6. The van der Waals surface area contributed by atoms with Crippen LogP contribution in [0.3, 0.4) is 0 Å². The van der Waals surface area contributed by atoms with Crippen molar-refractivity contribution < 1.29 is 27.5 Å². The highest BCUT2D eigenvalue weighted by molar-refractivity contribution is 7.91. The molecule has 0 unspecified atom stereocenters. The van der Waals surface area contributed by atoms with Crippen molar-refractivity contribution in [3.63, 3.8) is 0 Å². The summed E-state index contributed by atoms with van der Waals surface area (Å²) >= 11 is 0. The van der Waals surface area contributed by atoms with Crippen molar-refractivity contribution in [2.24, 2.45) is 4.40 Å². The van der Waals surface area contributed by atoms with Crippen LogP contribution < -0.4 is 14.7 Å². The summed E-state index contributed by atoms with van der Waals surface area (Å²) in [7, 11) is -2.91. The third kappa shape index (κ3) is 4.64. The van der Waals surface area contributed by atoms with E-state index in [4.69, 9.17) is 14.0 Å². The van der Waals surface area contributed by atoms with E-state index in [1.165, 1.54) is 18.2 Å². The summed E-state index contributed by atoms with van der Waals surface area (Å²) in [5.41, 5.74) is 6.51. The van der Waals surface area contributed by atoms with Crippen molar-refractivity contribution in [2.45, 2.75) is 70.9 Å². The van der Waals surface area contributed by atoms with Gasteiger partial charge in [-0.2, -0.15) is 8.42 Å². The second-order valence-electron chi connectivity index (χ2n) is 9.37. The Balaban J connectivity index is 1.49. The van der Waals surface area contributed by atoms with Gasteiger partial charge in [0.05, 0.1) is 18.7 Å². The molecule has 3 aliphatic rings. The molecule has 5 rings (SSSR count). The number of methoxy groups -OCH3 is 1. The Hall–Kier alpha value is -2.63. The van der Waals surface area contributed by atoms with Gasteiger partial charge in [0.2, 0.25) is 5.88 Å². The van der Waals surface area contributed by atoms with Gasteiger partial charge < -0.3 is 24.4 Å². The maximum atomic E-state index is 13.6. The van der Waals surface area contributed by atoms with Gasteiger partial charge in [-0.05, 0) is 80.5 Å². The van der Waals surface area contributed by atoms with E-state index in [0.29, 0.717) is 37.3 Å². The van der Waals surface area contributed by atoms with Crippen LogP contribution in [0.2, 0.25) is 0 Å². The van der Waals surface area contributed by atoms with Crippen LogP contribution in [0, 0.1) is 6.92 Å². The third-order valence-corrected chi connectivity index (χ3v) is 8.51. The Kier molecular flexibility index (Phi) is 6.73. The minimum atomic E-state index is -4.43. The molecule has 0 saturated carbocycles. The van der Waals surface area contributed by atoms with Crippen LogP contribution in [0.4, 0.5) is 11.6 Å². The molecule has 11 heteroatoms. The van der Waals surface area contributed by atoms with Crippen LogP contribution in [0.1, 0.15) is 59.2 Å². The Morgan fingerprint density at radius 2 is 1.86 bits per heavy atom. The topological polar surface area (TPSA) is 129 Å². The van der Waals surface area contributed by atoms with Gasteiger partial charge in [-0.15, -0.1) is 4.40 Å². The second-order valence-corrected chi connectivity index (χ2v) is 10.8. The number of nitrogens with one attached hydrogen (secondary N) is 1. The molecule has 35 heavy (non-hydrogen) atoms. The lowest BCUT2D eigenvalue weighted by molar-refractivity contribution is -0.213. The van der Waals surface area contributed by atoms with E-state index in [0.717, 1.165) is 59.6 Å². The molecule has 0 bridgehead atoms. The predicted octanol–water partition coefficient (Wildman–Crippen LogP) is 2.17. The Labute approximate surface area is 205 Å². The number of hydrogen-bond donors (Lipinski definition) is 1. The zero-order valence-electron chi connectivity index (χ0n) is 20.1. The first kappa shape index (κ1) is 24.1. The highest BCUT2D eigenvalue weighted by atomic mass is 32.2. The van der Waals surface area contributed by atoms with Gasteiger partial charge in [-0.3, -0.25) is 0 Å². The van der Waals surface area contributed by atoms with Crippen LogP contribution in [-0.4, -0.2) is 46.0 Å². The summed E-state index contributed by atoms with van der Waals surface area (Å²) in [6.07, 6.45) is 6.68. The average molecular weight is 504 g/mol. The van der Waals surface area contributed by atoms with Gasteiger partial charge in [0.15, 0.2) is 0 Å². The van der Waals surface area contributed by atoms with Crippen molar-refractivity contribution in [1.82, 2.24) is 5.16 Å². The number of amidine groups is 1. The summed E-state index contributed by atoms with van der Waals surface area (Å²) in [5, 5.41) is 19.9. The van der Waals surface area contributed by atoms with Crippen LogP contribution in [0.25, 0.3) is 0 Å². The number of fused-ring (bicyclic) bond motifs is 2. The molecule has 2 aromatic rings. The molecule has 190 valence electrons. The van der Waals surface area contributed by atoms with Crippen molar-refractivity contribution in [2.75, 3.05) is 29.9 Å². The first-order valence-electron chi connectivity index (χ1n) is 12.2. The monoisotopic (exact) mass is 503 g/mol. The van der Waals surface area contributed by atoms with Gasteiger partial charge in [0.25, 0.3) is 0 Å². The number of hydrogen-bond acceptors (Lipinski definition) is 7. The highest BCUT2D eigenvalue weighted by Gasteiger charge is 2.36. The summed E-state index contributed by atoms with van der Waals surface area (Å²) in [4.78, 5) is 0. The zero-order chi connectivity index (χ0) is 24.6. The predicted molar refractivity (Wildman–Crippen MR) is 129 cm³/mol. The Morgan fingerprint density at radius 1 is 1.20 bits per heavy atom. The quantitative estimate of drug-likeness (QED) is 0.450. The summed E-state index contributed by atoms with van der Waals surface area (Å²) in [6, 6.07) is 0.897. The first-order chi connectivity index (χ1) is 16.9. The highest BCUT2D eigenvalue weighted by Crippen LogP contribution is 2.38. The number of benzene rings is 1. The average Bonchev–Trinajstić information content (AvgIpc) is 3.56. The number of anilines is 2. The van der Waals surface area contributed by atoms with Crippen molar-refractivity contribution in [3.05, 3.63) is 39.6 Å². The molecular formula is C24H31N4O6S-. The SMILES string of the molecule is COCc1noc(N(C2CCOCC2)S(=O)(=O)/N=C(\[O-])Nc2c3c(cc4c2CCC4)CCC3)c1C. The molecule has 0 spiro atoms. The molecule has 1 saturated heterocycles. The Morgan fingerprint density at radius 3 is 2.49 bits per heavy atom. The van der Waals surface area contributed by atoms with E-state index < -0.39 is 22.3 Å². The number of nitrogens with zero attached hydrogens (tertiary/aromatic N) is 3. The van der Waals surface area contributed by atoms with Gasteiger partial charge in [-0.1, -0.05) is 11.2 Å². The van der Waals surface area contributed by atoms with Gasteiger partial charge in [-0.25, -0.2) is 4.31 Å².